The van der Waals surface area contributed by atoms with Crippen LogP contribution in [0, 0.1) is 20.8 Å². The minimum Gasteiger partial charge on any atom is -0.347 e. The number of anilines is 2. The second kappa shape index (κ2) is 7.78. The van der Waals surface area contributed by atoms with Gasteiger partial charge in [0.05, 0.1) is 0 Å². The summed E-state index contributed by atoms with van der Waals surface area (Å²) in [5, 5.41) is 6.19. The molecule has 2 aromatic carbocycles. The molecule has 0 aliphatic heterocycles. The molecule has 1 heterocycles. The molecule has 0 atom stereocenters. The van der Waals surface area contributed by atoms with Gasteiger partial charge in [0.25, 0.3) is 5.91 Å². The molecule has 26 heavy (non-hydrogen) atoms. The summed E-state index contributed by atoms with van der Waals surface area (Å²) in [6.07, 6.45) is 1.40. The average molecular weight is 346 g/mol. The second-order valence-electron chi connectivity index (χ2n) is 6.36. The van der Waals surface area contributed by atoms with Gasteiger partial charge in [0.15, 0.2) is 0 Å². The van der Waals surface area contributed by atoms with Crippen molar-refractivity contribution in [3.63, 3.8) is 0 Å². The van der Waals surface area contributed by atoms with E-state index in [1.807, 2.05) is 30.3 Å². The van der Waals surface area contributed by atoms with Gasteiger partial charge in [0.2, 0.25) is 0 Å². The lowest BCUT2D eigenvalue weighted by atomic mass is 10.1. The molecule has 132 valence electrons. The van der Waals surface area contributed by atoms with Crippen LogP contribution in [0.5, 0.6) is 0 Å². The Kier molecular flexibility index (Phi) is 5.27. The van der Waals surface area contributed by atoms with Gasteiger partial charge in [-0.25, -0.2) is 9.97 Å². The lowest BCUT2D eigenvalue weighted by Gasteiger charge is -2.13. The normalized spacial score (nSPS) is 10.4. The van der Waals surface area contributed by atoms with Crippen LogP contribution in [-0.4, -0.2) is 15.9 Å². The highest BCUT2D eigenvalue weighted by molar-refractivity contribution is 5.93. The van der Waals surface area contributed by atoms with Crippen molar-refractivity contribution < 1.29 is 4.79 Å². The summed E-state index contributed by atoms with van der Waals surface area (Å²) in [7, 11) is 0. The number of amides is 1. The molecule has 0 bridgehead atoms. The first-order valence-corrected chi connectivity index (χ1v) is 8.52. The second-order valence-corrected chi connectivity index (χ2v) is 6.36. The summed E-state index contributed by atoms with van der Waals surface area (Å²) in [5.41, 5.74) is 5.87. The highest BCUT2D eigenvalue weighted by Gasteiger charge is 2.10. The molecule has 1 amide bonds. The van der Waals surface area contributed by atoms with E-state index in [2.05, 4.69) is 53.5 Å². The van der Waals surface area contributed by atoms with E-state index in [9.17, 15) is 4.79 Å². The Balaban J connectivity index is 1.73. The predicted molar refractivity (Wildman–Crippen MR) is 104 cm³/mol. The number of aryl methyl sites for hydroxylation is 3. The zero-order valence-electron chi connectivity index (χ0n) is 15.2. The number of carbonyl (C=O) groups is 1. The Morgan fingerprint density at radius 2 is 1.65 bits per heavy atom. The summed E-state index contributed by atoms with van der Waals surface area (Å²) in [5.74, 6) is 0.372. The summed E-state index contributed by atoms with van der Waals surface area (Å²) in [6, 6.07) is 15.7. The van der Waals surface area contributed by atoms with Gasteiger partial charge < -0.3 is 10.6 Å². The number of rotatable bonds is 5. The van der Waals surface area contributed by atoms with E-state index in [1.54, 1.807) is 6.07 Å². The first kappa shape index (κ1) is 17.6. The molecular weight excluding hydrogens is 324 g/mol. The van der Waals surface area contributed by atoms with Gasteiger partial charge in [-0.05, 0) is 37.5 Å². The highest BCUT2D eigenvalue weighted by Crippen LogP contribution is 2.25. The van der Waals surface area contributed by atoms with E-state index < -0.39 is 0 Å². The molecule has 0 saturated heterocycles. The fourth-order valence-corrected chi connectivity index (χ4v) is 2.92. The monoisotopic (exact) mass is 346 g/mol. The standard InChI is InChI=1S/C21H22N4O/c1-14-9-15(2)20(16(3)10-14)25-19-11-18(23-13-24-19)21(26)22-12-17-7-5-4-6-8-17/h4-11,13H,12H2,1-3H3,(H,22,26)(H,23,24,25). The van der Waals surface area contributed by atoms with Crippen LogP contribution in [0.3, 0.4) is 0 Å². The van der Waals surface area contributed by atoms with Gasteiger partial charge in [0, 0.05) is 18.3 Å². The minimum absolute atomic E-state index is 0.225. The fourth-order valence-electron chi connectivity index (χ4n) is 2.92. The zero-order chi connectivity index (χ0) is 18.5. The van der Waals surface area contributed by atoms with Crippen molar-refractivity contribution in [3.05, 3.63) is 82.8 Å². The Morgan fingerprint density at radius 1 is 0.962 bits per heavy atom. The fraction of sp³-hybridized carbons (Fsp3) is 0.190. The van der Waals surface area contributed by atoms with Crippen molar-refractivity contribution >= 4 is 17.4 Å². The Hall–Kier alpha value is -3.21. The van der Waals surface area contributed by atoms with Gasteiger partial charge in [-0.1, -0.05) is 48.0 Å². The molecule has 5 nitrogen and oxygen atoms in total. The quantitative estimate of drug-likeness (QED) is 0.731. The molecule has 0 fully saturated rings. The number of aromatic nitrogens is 2. The van der Waals surface area contributed by atoms with E-state index >= 15 is 0 Å². The van der Waals surface area contributed by atoms with Crippen LogP contribution in [0.25, 0.3) is 0 Å². The molecule has 0 aliphatic rings. The number of nitrogens with one attached hydrogen (secondary N) is 2. The molecule has 0 radical (unpaired) electrons. The summed E-state index contributed by atoms with van der Waals surface area (Å²) >= 11 is 0. The summed E-state index contributed by atoms with van der Waals surface area (Å²) < 4.78 is 0. The van der Waals surface area contributed by atoms with E-state index in [0.717, 1.165) is 22.4 Å². The summed E-state index contributed by atoms with van der Waals surface area (Å²) in [6.45, 7) is 6.64. The van der Waals surface area contributed by atoms with Crippen LogP contribution >= 0.6 is 0 Å². The number of nitrogens with zero attached hydrogens (tertiary/aromatic N) is 2. The number of hydrogen-bond donors (Lipinski definition) is 2. The average Bonchev–Trinajstić information content (AvgIpc) is 2.64. The Labute approximate surface area is 153 Å². The lowest BCUT2D eigenvalue weighted by molar-refractivity contribution is 0.0946. The first-order chi connectivity index (χ1) is 12.5. The van der Waals surface area contributed by atoms with Gasteiger partial charge >= 0.3 is 0 Å². The predicted octanol–water partition coefficient (Wildman–Crippen LogP) is 4.08. The molecule has 1 aromatic heterocycles. The number of carbonyl (C=O) groups excluding carboxylic acids is 1. The Bertz CT molecular complexity index is 899. The van der Waals surface area contributed by atoms with Gasteiger partial charge in [-0.3, -0.25) is 4.79 Å². The van der Waals surface area contributed by atoms with Crippen molar-refractivity contribution in [2.45, 2.75) is 27.3 Å². The Morgan fingerprint density at radius 3 is 2.35 bits per heavy atom. The molecule has 0 unspecified atom stereocenters. The molecule has 2 N–H and O–H groups in total. The topological polar surface area (TPSA) is 66.9 Å². The third kappa shape index (κ3) is 4.25. The van der Waals surface area contributed by atoms with Crippen LogP contribution in [0.4, 0.5) is 11.5 Å². The van der Waals surface area contributed by atoms with Crippen molar-refractivity contribution in [1.82, 2.24) is 15.3 Å². The third-order valence-corrected chi connectivity index (χ3v) is 4.13. The van der Waals surface area contributed by atoms with Gasteiger partial charge in [-0.2, -0.15) is 0 Å². The molecule has 0 aliphatic carbocycles. The van der Waals surface area contributed by atoms with E-state index in [4.69, 9.17) is 0 Å². The van der Waals surface area contributed by atoms with E-state index in [1.165, 1.54) is 11.9 Å². The van der Waals surface area contributed by atoms with E-state index in [-0.39, 0.29) is 5.91 Å². The first-order valence-electron chi connectivity index (χ1n) is 8.52. The largest absolute Gasteiger partial charge is 0.347 e. The van der Waals surface area contributed by atoms with Crippen molar-refractivity contribution in [3.8, 4) is 0 Å². The highest BCUT2D eigenvalue weighted by atomic mass is 16.1. The third-order valence-electron chi connectivity index (χ3n) is 4.13. The molecule has 3 rings (SSSR count). The van der Waals surface area contributed by atoms with Crippen LogP contribution in [0.2, 0.25) is 0 Å². The maximum atomic E-state index is 12.4. The minimum atomic E-state index is -0.225. The van der Waals surface area contributed by atoms with Crippen LogP contribution in [-0.2, 0) is 6.54 Å². The summed E-state index contributed by atoms with van der Waals surface area (Å²) in [4.78, 5) is 20.7. The lowest BCUT2D eigenvalue weighted by Crippen LogP contribution is -2.24. The molecule has 0 saturated carbocycles. The molecular formula is C21H22N4O. The smallest absolute Gasteiger partial charge is 0.270 e. The van der Waals surface area contributed by atoms with E-state index in [0.29, 0.717) is 18.1 Å². The maximum absolute atomic E-state index is 12.4. The van der Waals surface area contributed by atoms with Gasteiger partial charge in [0.1, 0.15) is 17.8 Å². The van der Waals surface area contributed by atoms with Crippen molar-refractivity contribution in [2.75, 3.05) is 5.32 Å². The molecule has 0 spiro atoms. The molecule has 5 heteroatoms. The number of hydrogen-bond acceptors (Lipinski definition) is 4. The number of benzene rings is 2. The van der Waals surface area contributed by atoms with Crippen molar-refractivity contribution in [2.24, 2.45) is 0 Å². The van der Waals surface area contributed by atoms with Crippen molar-refractivity contribution in [1.29, 1.82) is 0 Å². The van der Waals surface area contributed by atoms with Crippen LogP contribution in [0.15, 0.2) is 54.9 Å². The van der Waals surface area contributed by atoms with Gasteiger partial charge in [-0.15, -0.1) is 0 Å². The SMILES string of the molecule is Cc1cc(C)c(Nc2cc(C(=O)NCc3ccccc3)ncn2)c(C)c1. The molecule has 3 aromatic rings. The van der Waals surface area contributed by atoms with Crippen LogP contribution < -0.4 is 10.6 Å². The maximum Gasteiger partial charge on any atom is 0.270 e. The van der Waals surface area contributed by atoms with Crippen LogP contribution in [0.1, 0.15) is 32.7 Å². The zero-order valence-corrected chi connectivity index (χ0v) is 15.2.